The number of carbonyl (C=O) groups excluding carboxylic acids is 1. The molecule has 0 spiro atoms. The van der Waals surface area contributed by atoms with Crippen molar-refractivity contribution in [3.05, 3.63) is 38.0 Å². The summed E-state index contributed by atoms with van der Waals surface area (Å²) >= 11 is 3.15. The monoisotopic (exact) mass is 308 g/mol. The second kappa shape index (κ2) is 5.63. The van der Waals surface area contributed by atoms with Crippen LogP contribution in [0.5, 0.6) is 0 Å². The summed E-state index contributed by atoms with van der Waals surface area (Å²) in [5.41, 5.74) is 0.939. The van der Waals surface area contributed by atoms with Crippen molar-refractivity contribution < 1.29 is 9.53 Å². The van der Waals surface area contributed by atoms with E-state index in [0.29, 0.717) is 19.8 Å². The molecule has 3 rings (SSSR count). The van der Waals surface area contributed by atoms with Gasteiger partial charge in [-0.25, -0.2) is 4.98 Å². The van der Waals surface area contributed by atoms with E-state index in [0.717, 1.165) is 20.5 Å². The van der Waals surface area contributed by atoms with Crippen molar-refractivity contribution in [2.75, 3.05) is 19.8 Å². The second-order valence-electron chi connectivity index (χ2n) is 4.79. The van der Waals surface area contributed by atoms with Crippen molar-refractivity contribution in [1.82, 2.24) is 9.88 Å². The molecule has 1 fully saturated rings. The Morgan fingerprint density at radius 2 is 2.30 bits per heavy atom. The van der Waals surface area contributed by atoms with Gasteiger partial charge < -0.3 is 9.64 Å². The van der Waals surface area contributed by atoms with Crippen LogP contribution in [0.2, 0.25) is 0 Å². The number of aryl methyl sites for hydroxylation is 2. The molecule has 1 saturated heterocycles. The first-order valence-electron chi connectivity index (χ1n) is 6.52. The zero-order valence-corrected chi connectivity index (χ0v) is 13.1. The molecule has 1 amide bonds. The zero-order valence-electron chi connectivity index (χ0n) is 11.5. The summed E-state index contributed by atoms with van der Waals surface area (Å²) in [7, 11) is 0. The third-order valence-corrected chi connectivity index (χ3v) is 5.10. The van der Waals surface area contributed by atoms with Crippen molar-refractivity contribution in [3.63, 3.8) is 0 Å². The van der Waals surface area contributed by atoms with Gasteiger partial charge in [0.1, 0.15) is 0 Å². The molecule has 1 aliphatic heterocycles. The number of ether oxygens (including phenoxy) is 1. The summed E-state index contributed by atoms with van der Waals surface area (Å²) in [6, 6.07) is 3.82. The summed E-state index contributed by atoms with van der Waals surface area (Å²) in [5.74, 6) is 0.0852. The lowest BCUT2D eigenvalue weighted by Crippen LogP contribution is -2.43. The van der Waals surface area contributed by atoms with Gasteiger partial charge in [0.05, 0.1) is 34.8 Å². The van der Waals surface area contributed by atoms with E-state index in [4.69, 9.17) is 4.74 Å². The van der Waals surface area contributed by atoms with E-state index in [2.05, 4.69) is 4.98 Å². The molecular weight excluding hydrogens is 292 g/mol. The van der Waals surface area contributed by atoms with Crippen LogP contribution in [0.3, 0.4) is 0 Å². The SMILES string of the molecule is Cc1ccc(C(=O)N2CCOCC2c2csc(C)n2)s1. The Bertz CT molecular complexity index is 620. The van der Waals surface area contributed by atoms with Crippen LogP contribution in [0.15, 0.2) is 17.5 Å². The van der Waals surface area contributed by atoms with Gasteiger partial charge in [-0.15, -0.1) is 22.7 Å². The lowest BCUT2D eigenvalue weighted by molar-refractivity contribution is -0.00349. The Morgan fingerprint density at radius 1 is 1.45 bits per heavy atom. The zero-order chi connectivity index (χ0) is 14.1. The second-order valence-corrected chi connectivity index (χ2v) is 7.14. The maximum absolute atomic E-state index is 12.7. The number of morpholine rings is 1. The van der Waals surface area contributed by atoms with Gasteiger partial charge in [0.2, 0.25) is 0 Å². The minimum Gasteiger partial charge on any atom is -0.377 e. The smallest absolute Gasteiger partial charge is 0.264 e. The lowest BCUT2D eigenvalue weighted by atomic mass is 10.1. The van der Waals surface area contributed by atoms with Crippen LogP contribution in [0.25, 0.3) is 0 Å². The maximum Gasteiger partial charge on any atom is 0.264 e. The molecule has 1 atom stereocenters. The quantitative estimate of drug-likeness (QED) is 0.856. The average molecular weight is 308 g/mol. The molecule has 6 heteroatoms. The molecule has 0 bridgehead atoms. The first kappa shape index (κ1) is 13.7. The number of hydrogen-bond donors (Lipinski definition) is 0. The van der Waals surface area contributed by atoms with Crippen LogP contribution in [0, 0.1) is 13.8 Å². The van der Waals surface area contributed by atoms with E-state index in [1.807, 2.05) is 36.3 Å². The van der Waals surface area contributed by atoms with Crippen molar-refractivity contribution in [2.24, 2.45) is 0 Å². The fourth-order valence-electron chi connectivity index (χ4n) is 2.32. The Labute approximate surface area is 126 Å². The van der Waals surface area contributed by atoms with Crippen LogP contribution in [-0.2, 0) is 4.74 Å². The van der Waals surface area contributed by atoms with E-state index >= 15 is 0 Å². The molecule has 0 aromatic carbocycles. The fraction of sp³-hybridized carbons (Fsp3) is 0.429. The van der Waals surface area contributed by atoms with Gasteiger partial charge in [-0.2, -0.15) is 0 Å². The van der Waals surface area contributed by atoms with E-state index in [1.54, 1.807) is 22.7 Å². The Kier molecular flexibility index (Phi) is 3.87. The van der Waals surface area contributed by atoms with E-state index in [-0.39, 0.29) is 11.9 Å². The Hall–Kier alpha value is -1.24. The first-order chi connectivity index (χ1) is 9.65. The first-order valence-corrected chi connectivity index (χ1v) is 8.22. The molecule has 2 aromatic heterocycles. The molecule has 20 heavy (non-hydrogen) atoms. The highest BCUT2D eigenvalue weighted by molar-refractivity contribution is 7.13. The summed E-state index contributed by atoms with van der Waals surface area (Å²) in [6.45, 7) is 5.74. The van der Waals surface area contributed by atoms with Crippen LogP contribution < -0.4 is 0 Å². The number of rotatable bonds is 2. The molecule has 1 aliphatic rings. The van der Waals surface area contributed by atoms with Gasteiger partial charge in [-0.3, -0.25) is 4.79 Å². The molecule has 106 valence electrons. The number of nitrogens with zero attached hydrogens (tertiary/aromatic N) is 2. The third-order valence-electron chi connectivity index (χ3n) is 3.32. The van der Waals surface area contributed by atoms with Crippen molar-refractivity contribution in [2.45, 2.75) is 19.9 Å². The number of carbonyl (C=O) groups is 1. The highest BCUT2D eigenvalue weighted by atomic mass is 32.1. The Balaban J connectivity index is 1.87. The molecule has 3 heterocycles. The summed E-state index contributed by atoms with van der Waals surface area (Å²) in [5, 5.41) is 3.04. The highest BCUT2D eigenvalue weighted by Gasteiger charge is 2.31. The van der Waals surface area contributed by atoms with Gasteiger partial charge in [0.25, 0.3) is 5.91 Å². The van der Waals surface area contributed by atoms with Crippen molar-refractivity contribution in [3.8, 4) is 0 Å². The van der Waals surface area contributed by atoms with Gasteiger partial charge >= 0.3 is 0 Å². The summed E-state index contributed by atoms with van der Waals surface area (Å²) in [6.07, 6.45) is 0. The predicted octanol–water partition coefficient (Wildman–Crippen LogP) is 3.04. The minimum absolute atomic E-state index is 0.0661. The van der Waals surface area contributed by atoms with Crippen LogP contribution in [-0.4, -0.2) is 35.5 Å². The fourth-order valence-corrected chi connectivity index (χ4v) is 3.80. The van der Waals surface area contributed by atoms with E-state index < -0.39 is 0 Å². The van der Waals surface area contributed by atoms with Crippen molar-refractivity contribution >= 4 is 28.6 Å². The lowest BCUT2D eigenvalue weighted by Gasteiger charge is -2.34. The molecule has 2 aromatic rings. The topological polar surface area (TPSA) is 42.4 Å². The number of hydrogen-bond acceptors (Lipinski definition) is 5. The van der Waals surface area contributed by atoms with Gasteiger partial charge in [-0.05, 0) is 26.0 Å². The molecule has 0 aliphatic carbocycles. The summed E-state index contributed by atoms with van der Waals surface area (Å²) in [4.78, 5) is 21.0. The number of aromatic nitrogens is 1. The molecule has 0 radical (unpaired) electrons. The van der Waals surface area contributed by atoms with Crippen molar-refractivity contribution in [1.29, 1.82) is 0 Å². The number of amides is 1. The highest BCUT2D eigenvalue weighted by Crippen LogP contribution is 2.28. The largest absolute Gasteiger partial charge is 0.377 e. The van der Waals surface area contributed by atoms with Crippen LogP contribution in [0.1, 0.15) is 31.3 Å². The predicted molar refractivity (Wildman–Crippen MR) is 80.5 cm³/mol. The van der Waals surface area contributed by atoms with Gasteiger partial charge in [-0.1, -0.05) is 0 Å². The molecule has 0 saturated carbocycles. The van der Waals surface area contributed by atoms with Gasteiger partial charge in [0.15, 0.2) is 0 Å². The van der Waals surface area contributed by atoms with E-state index in [1.165, 1.54) is 0 Å². The maximum atomic E-state index is 12.7. The number of thiazole rings is 1. The van der Waals surface area contributed by atoms with Crippen LogP contribution >= 0.6 is 22.7 Å². The molecule has 4 nitrogen and oxygen atoms in total. The molecule has 0 N–H and O–H groups in total. The average Bonchev–Trinajstić information content (AvgIpc) is 3.07. The van der Waals surface area contributed by atoms with Crippen LogP contribution in [0.4, 0.5) is 0 Å². The molecular formula is C14H16N2O2S2. The van der Waals surface area contributed by atoms with E-state index in [9.17, 15) is 4.79 Å². The number of thiophene rings is 1. The standard InChI is InChI=1S/C14H16N2O2S2/c1-9-3-4-13(20-9)14(17)16-5-6-18-7-12(16)11-8-19-10(2)15-11/h3-4,8,12H,5-7H2,1-2H3. The summed E-state index contributed by atoms with van der Waals surface area (Å²) < 4.78 is 5.54. The normalized spacial score (nSPS) is 19.3. The minimum atomic E-state index is -0.0661. The molecule has 1 unspecified atom stereocenters. The third kappa shape index (κ3) is 2.63. The van der Waals surface area contributed by atoms with Gasteiger partial charge in [0, 0.05) is 16.8 Å². The Morgan fingerprint density at radius 3 is 2.95 bits per heavy atom.